The van der Waals surface area contributed by atoms with Crippen LogP contribution in [0.3, 0.4) is 0 Å². The quantitative estimate of drug-likeness (QED) is 0.503. The van der Waals surface area contributed by atoms with Crippen LogP contribution in [0.5, 0.6) is 11.5 Å². The van der Waals surface area contributed by atoms with E-state index in [1.165, 1.54) is 0 Å². The number of carbonyl (C=O) groups is 2. The predicted octanol–water partition coefficient (Wildman–Crippen LogP) is 5.73. The van der Waals surface area contributed by atoms with Gasteiger partial charge < -0.3 is 19.5 Å². The van der Waals surface area contributed by atoms with Crippen LogP contribution < -0.4 is 14.8 Å². The summed E-state index contributed by atoms with van der Waals surface area (Å²) in [6.07, 6.45) is 5.96. The zero-order valence-electron chi connectivity index (χ0n) is 21.0. The van der Waals surface area contributed by atoms with Crippen molar-refractivity contribution in [3.8, 4) is 11.5 Å². The minimum absolute atomic E-state index is 0.0563. The number of methoxy groups -OCH3 is 1. The molecule has 1 saturated carbocycles. The van der Waals surface area contributed by atoms with Crippen molar-refractivity contribution in [1.82, 2.24) is 5.32 Å². The maximum absolute atomic E-state index is 13.5. The first kappa shape index (κ1) is 24.2. The normalized spacial score (nSPS) is 20.2. The predicted molar refractivity (Wildman–Crippen MR) is 137 cm³/mol. The lowest BCUT2D eigenvalue weighted by atomic mass is 9.75. The number of hydrogen-bond acceptors (Lipinski definition) is 6. The van der Waals surface area contributed by atoms with Crippen molar-refractivity contribution in [3.05, 3.63) is 82.2 Å². The zero-order chi connectivity index (χ0) is 25.1. The van der Waals surface area contributed by atoms with Gasteiger partial charge in [-0.2, -0.15) is 0 Å². The maximum Gasteiger partial charge on any atom is 0.337 e. The Morgan fingerprint density at radius 3 is 2.53 bits per heavy atom. The second kappa shape index (κ2) is 10.6. The molecule has 1 atom stereocenters. The molecule has 5 rings (SSSR count). The van der Waals surface area contributed by atoms with E-state index in [9.17, 15) is 9.59 Å². The molecule has 6 heteroatoms. The highest BCUT2D eigenvalue weighted by Crippen LogP contribution is 2.44. The Kier molecular flexibility index (Phi) is 7.12. The largest absolute Gasteiger partial charge is 0.493 e. The SMILES string of the molecule is COc1cc(C2C(C(=O)OC3CCCC3)=C(C)NC3=C2C(=O)CCC3)ccc1OCc1ccccc1. The fourth-order valence-electron chi connectivity index (χ4n) is 5.53. The third-order valence-electron chi connectivity index (χ3n) is 7.33. The number of allylic oxidation sites excluding steroid dienone is 3. The number of ether oxygens (including phenoxy) is 3. The van der Waals surface area contributed by atoms with E-state index in [0.717, 1.165) is 61.0 Å². The second-order valence-corrected chi connectivity index (χ2v) is 9.76. The first-order chi connectivity index (χ1) is 17.5. The molecular weight excluding hydrogens is 454 g/mol. The van der Waals surface area contributed by atoms with Crippen LogP contribution in [0.25, 0.3) is 0 Å². The van der Waals surface area contributed by atoms with Gasteiger partial charge in [0.05, 0.1) is 12.7 Å². The smallest absolute Gasteiger partial charge is 0.337 e. The summed E-state index contributed by atoms with van der Waals surface area (Å²) in [6, 6.07) is 15.6. The number of ketones is 1. The van der Waals surface area contributed by atoms with Crippen LogP contribution in [0.4, 0.5) is 0 Å². The maximum atomic E-state index is 13.5. The summed E-state index contributed by atoms with van der Waals surface area (Å²) in [4.78, 5) is 26.7. The number of carbonyl (C=O) groups excluding carboxylic acids is 2. The van der Waals surface area contributed by atoms with E-state index in [1.54, 1.807) is 7.11 Å². The summed E-state index contributed by atoms with van der Waals surface area (Å²) < 4.78 is 17.7. The summed E-state index contributed by atoms with van der Waals surface area (Å²) in [7, 11) is 1.60. The van der Waals surface area contributed by atoms with E-state index >= 15 is 0 Å². The van der Waals surface area contributed by atoms with Crippen LogP contribution in [0.2, 0.25) is 0 Å². The zero-order valence-corrected chi connectivity index (χ0v) is 21.0. The highest BCUT2D eigenvalue weighted by Gasteiger charge is 2.40. The van der Waals surface area contributed by atoms with E-state index in [0.29, 0.717) is 35.7 Å². The number of Topliss-reactive ketones (excluding diaryl/α,β-unsaturated/α-hetero) is 1. The Labute approximate surface area is 212 Å². The Morgan fingerprint density at radius 2 is 1.78 bits per heavy atom. The number of benzene rings is 2. The molecule has 0 aromatic heterocycles. The van der Waals surface area contributed by atoms with Gasteiger partial charge in [0.2, 0.25) is 0 Å². The van der Waals surface area contributed by atoms with Crippen LogP contribution >= 0.6 is 0 Å². The molecule has 188 valence electrons. The molecule has 0 bridgehead atoms. The summed E-state index contributed by atoms with van der Waals surface area (Å²) in [6.45, 7) is 2.31. The second-order valence-electron chi connectivity index (χ2n) is 9.76. The average molecular weight is 488 g/mol. The van der Waals surface area contributed by atoms with Crippen molar-refractivity contribution >= 4 is 11.8 Å². The molecule has 1 fully saturated rings. The first-order valence-electron chi connectivity index (χ1n) is 12.8. The highest BCUT2D eigenvalue weighted by atomic mass is 16.5. The molecule has 0 amide bonds. The molecule has 1 N–H and O–H groups in total. The Morgan fingerprint density at radius 1 is 1.00 bits per heavy atom. The van der Waals surface area contributed by atoms with Crippen molar-refractivity contribution in [2.45, 2.75) is 70.5 Å². The van der Waals surface area contributed by atoms with Crippen molar-refractivity contribution in [2.24, 2.45) is 0 Å². The van der Waals surface area contributed by atoms with Crippen molar-refractivity contribution in [2.75, 3.05) is 7.11 Å². The Bertz CT molecular complexity index is 1210. The van der Waals surface area contributed by atoms with E-state index in [4.69, 9.17) is 14.2 Å². The molecule has 1 aliphatic heterocycles. The van der Waals surface area contributed by atoms with Gasteiger partial charge in [0.1, 0.15) is 12.7 Å². The third-order valence-corrected chi connectivity index (χ3v) is 7.33. The topological polar surface area (TPSA) is 73.9 Å². The van der Waals surface area contributed by atoms with Crippen LogP contribution in [0.15, 0.2) is 71.1 Å². The van der Waals surface area contributed by atoms with Gasteiger partial charge in [0.15, 0.2) is 17.3 Å². The van der Waals surface area contributed by atoms with Crippen molar-refractivity contribution in [1.29, 1.82) is 0 Å². The van der Waals surface area contributed by atoms with Crippen molar-refractivity contribution < 1.29 is 23.8 Å². The van der Waals surface area contributed by atoms with E-state index in [1.807, 2.05) is 55.5 Å². The van der Waals surface area contributed by atoms with Gasteiger partial charge in [0, 0.05) is 29.3 Å². The number of esters is 1. The van der Waals surface area contributed by atoms with Crippen LogP contribution in [-0.4, -0.2) is 25.0 Å². The molecule has 0 spiro atoms. The highest BCUT2D eigenvalue weighted by molar-refractivity contribution is 6.03. The molecule has 3 aliphatic rings. The van der Waals surface area contributed by atoms with Crippen LogP contribution in [-0.2, 0) is 20.9 Å². The molecule has 0 saturated heterocycles. The molecule has 6 nitrogen and oxygen atoms in total. The van der Waals surface area contributed by atoms with Gasteiger partial charge in [-0.3, -0.25) is 4.79 Å². The van der Waals surface area contributed by atoms with E-state index in [-0.39, 0.29) is 17.9 Å². The minimum atomic E-state index is -0.500. The van der Waals surface area contributed by atoms with Gasteiger partial charge >= 0.3 is 5.97 Å². The Hall–Kier alpha value is -3.54. The fraction of sp³-hybridized carbons (Fsp3) is 0.400. The summed E-state index contributed by atoms with van der Waals surface area (Å²) in [5.74, 6) is 0.411. The molecular formula is C30H33NO5. The summed E-state index contributed by atoms with van der Waals surface area (Å²) >= 11 is 0. The lowest BCUT2D eigenvalue weighted by Gasteiger charge is -2.34. The minimum Gasteiger partial charge on any atom is -0.493 e. The number of nitrogens with one attached hydrogen (secondary N) is 1. The molecule has 0 radical (unpaired) electrons. The van der Waals surface area contributed by atoms with Crippen molar-refractivity contribution in [3.63, 3.8) is 0 Å². The summed E-state index contributed by atoms with van der Waals surface area (Å²) in [5.41, 5.74) is 4.72. The fourth-order valence-corrected chi connectivity index (χ4v) is 5.53. The lowest BCUT2D eigenvalue weighted by Crippen LogP contribution is -2.35. The average Bonchev–Trinajstić information content (AvgIpc) is 3.40. The molecule has 2 aliphatic carbocycles. The monoisotopic (exact) mass is 487 g/mol. The standard InChI is InChI=1S/C30H33NO5/c1-19-27(30(33)36-22-11-6-7-12-22)28(29-23(31-19)13-8-14-24(29)32)21-15-16-25(26(17-21)34-2)35-18-20-9-4-3-5-10-20/h3-5,9-10,15-17,22,28,31H,6-8,11-14,18H2,1-2H3. The van der Waals surface area contributed by atoms with Crippen LogP contribution in [0.1, 0.15) is 68.9 Å². The number of rotatable bonds is 7. The van der Waals surface area contributed by atoms with Gasteiger partial charge in [-0.25, -0.2) is 4.79 Å². The molecule has 2 aromatic carbocycles. The van der Waals surface area contributed by atoms with Crippen LogP contribution in [0, 0.1) is 0 Å². The molecule has 1 heterocycles. The van der Waals surface area contributed by atoms with Gasteiger partial charge in [-0.15, -0.1) is 0 Å². The van der Waals surface area contributed by atoms with E-state index in [2.05, 4.69) is 5.32 Å². The lowest BCUT2D eigenvalue weighted by molar-refractivity contribution is -0.144. The number of dihydropyridines is 1. The van der Waals surface area contributed by atoms with Gasteiger partial charge in [-0.05, 0) is 68.7 Å². The first-order valence-corrected chi connectivity index (χ1v) is 12.8. The van der Waals surface area contributed by atoms with E-state index < -0.39 is 5.92 Å². The Balaban J connectivity index is 1.49. The number of hydrogen-bond donors (Lipinski definition) is 1. The third kappa shape index (κ3) is 4.90. The summed E-state index contributed by atoms with van der Waals surface area (Å²) in [5, 5.41) is 3.36. The molecule has 1 unspecified atom stereocenters. The van der Waals surface area contributed by atoms with Gasteiger partial charge in [-0.1, -0.05) is 36.4 Å². The molecule has 2 aromatic rings. The van der Waals surface area contributed by atoms with Gasteiger partial charge in [0.25, 0.3) is 0 Å². The molecule has 36 heavy (non-hydrogen) atoms.